The van der Waals surface area contributed by atoms with Gasteiger partial charge in [0.1, 0.15) is 0 Å². The number of carbonyl (C=O) groups excluding carboxylic acids is 2. The van der Waals surface area contributed by atoms with Crippen molar-refractivity contribution in [3.05, 3.63) is 29.8 Å². The maximum absolute atomic E-state index is 12.2. The van der Waals surface area contributed by atoms with E-state index in [1.165, 1.54) is 5.56 Å². The number of rotatable bonds is 5. The Kier molecular flexibility index (Phi) is 6.41. The summed E-state index contributed by atoms with van der Waals surface area (Å²) in [6.45, 7) is 5.96. The van der Waals surface area contributed by atoms with Gasteiger partial charge in [0.05, 0.1) is 12.3 Å². The lowest BCUT2D eigenvalue weighted by Gasteiger charge is -2.36. The molecule has 1 aliphatic rings. The molecule has 7 nitrogen and oxygen atoms in total. The third kappa shape index (κ3) is 4.94. The molecule has 1 aromatic carbocycles. The number of anilines is 1. The standard InChI is InChI=1S/C17H25N3O4S/c1-3-12-25(23,24)17(22)18-13-16(21)20-10-8-19(9-11-20)15-7-5-4-6-14(15)2/h4-7H,3,8-13H2,1-2H3,(H,18,22). The first-order valence-electron chi connectivity index (χ1n) is 8.44. The number of nitrogens with one attached hydrogen (secondary N) is 1. The Bertz CT molecular complexity index is 725. The molecule has 138 valence electrons. The number of benzene rings is 1. The number of aryl methyl sites for hydroxylation is 1. The summed E-state index contributed by atoms with van der Waals surface area (Å²) < 4.78 is 23.2. The molecule has 0 bridgehead atoms. The quantitative estimate of drug-likeness (QED) is 0.844. The van der Waals surface area contributed by atoms with Crippen molar-refractivity contribution in [3.63, 3.8) is 0 Å². The highest BCUT2D eigenvalue weighted by Gasteiger charge is 2.25. The minimum absolute atomic E-state index is 0.206. The van der Waals surface area contributed by atoms with Crippen molar-refractivity contribution in [1.29, 1.82) is 0 Å². The summed E-state index contributed by atoms with van der Waals surface area (Å²) in [5, 5.41) is 1.16. The van der Waals surface area contributed by atoms with Crippen molar-refractivity contribution in [2.24, 2.45) is 0 Å². The van der Waals surface area contributed by atoms with Crippen LogP contribution >= 0.6 is 0 Å². The van der Waals surface area contributed by atoms with Gasteiger partial charge in [-0.05, 0) is 25.0 Å². The van der Waals surface area contributed by atoms with Gasteiger partial charge in [0.25, 0.3) is 0 Å². The summed E-state index contributed by atoms with van der Waals surface area (Å²) in [5.41, 5.74) is 2.35. The molecule has 8 heteroatoms. The van der Waals surface area contributed by atoms with E-state index in [4.69, 9.17) is 0 Å². The Morgan fingerprint density at radius 2 is 1.76 bits per heavy atom. The minimum Gasteiger partial charge on any atom is -0.368 e. The summed E-state index contributed by atoms with van der Waals surface area (Å²) in [4.78, 5) is 27.7. The largest absolute Gasteiger partial charge is 0.368 e. The number of hydrogen-bond acceptors (Lipinski definition) is 5. The summed E-state index contributed by atoms with van der Waals surface area (Å²) in [7, 11) is -3.82. The Hall–Kier alpha value is -2.09. The van der Waals surface area contributed by atoms with E-state index in [0.29, 0.717) is 32.6 Å². The van der Waals surface area contributed by atoms with E-state index in [1.807, 2.05) is 12.1 Å². The van der Waals surface area contributed by atoms with Crippen molar-refractivity contribution in [1.82, 2.24) is 10.2 Å². The molecular formula is C17H25N3O4S. The maximum Gasteiger partial charge on any atom is 0.336 e. The molecule has 0 spiro atoms. The van der Waals surface area contributed by atoms with Crippen LogP contribution in [0.25, 0.3) is 0 Å². The van der Waals surface area contributed by atoms with Gasteiger partial charge < -0.3 is 15.1 Å². The predicted molar refractivity (Wildman–Crippen MR) is 97.4 cm³/mol. The fourth-order valence-corrected chi connectivity index (χ4v) is 3.86. The number of nitrogens with zero attached hydrogens (tertiary/aromatic N) is 2. The number of carbonyl (C=O) groups is 2. The number of hydrogen-bond donors (Lipinski definition) is 1. The van der Waals surface area contributed by atoms with Crippen LogP contribution in [0.5, 0.6) is 0 Å². The van der Waals surface area contributed by atoms with Crippen LogP contribution in [-0.4, -0.2) is 62.9 Å². The number of amides is 2. The first-order valence-corrected chi connectivity index (χ1v) is 10.1. The molecule has 1 heterocycles. The molecule has 2 amide bonds. The van der Waals surface area contributed by atoms with Crippen molar-refractivity contribution in [3.8, 4) is 0 Å². The van der Waals surface area contributed by atoms with Gasteiger partial charge in [-0.15, -0.1) is 0 Å². The molecule has 1 fully saturated rings. The molecule has 0 atom stereocenters. The summed E-state index contributed by atoms with van der Waals surface area (Å²) >= 11 is 0. The fraction of sp³-hybridized carbons (Fsp3) is 0.529. The molecule has 25 heavy (non-hydrogen) atoms. The molecule has 1 aliphatic heterocycles. The van der Waals surface area contributed by atoms with E-state index >= 15 is 0 Å². The normalized spacial score (nSPS) is 15.1. The Morgan fingerprint density at radius 3 is 2.36 bits per heavy atom. The molecule has 1 saturated heterocycles. The monoisotopic (exact) mass is 367 g/mol. The smallest absolute Gasteiger partial charge is 0.336 e. The zero-order valence-electron chi connectivity index (χ0n) is 14.7. The molecule has 0 aliphatic carbocycles. The summed E-state index contributed by atoms with van der Waals surface area (Å²) in [6.07, 6.45) is 0.366. The predicted octanol–water partition coefficient (Wildman–Crippen LogP) is 1.18. The highest BCUT2D eigenvalue weighted by atomic mass is 32.2. The Balaban J connectivity index is 1.83. The second kappa shape index (κ2) is 8.33. The summed E-state index contributed by atoms with van der Waals surface area (Å²) in [5.74, 6) is -0.466. The highest BCUT2D eigenvalue weighted by molar-refractivity contribution is 8.06. The zero-order chi connectivity index (χ0) is 18.4. The van der Waals surface area contributed by atoms with Gasteiger partial charge in [0.2, 0.25) is 15.7 Å². The van der Waals surface area contributed by atoms with E-state index in [-0.39, 0.29) is 18.2 Å². The second-order valence-corrected chi connectivity index (χ2v) is 8.12. The van der Waals surface area contributed by atoms with Crippen LogP contribution in [-0.2, 0) is 14.6 Å². The van der Waals surface area contributed by atoms with E-state index in [9.17, 15) is 18.0 Å². The third-order valence-corrected chi connectivity index (χ3v) is 5.88. The molecule has 0 saturated carbocycles. The molecule has 1 N–H and O–H groups in total. The topological polar surface area (TPSA) is 86.8 Å². The first kappa shape index (κ1) is 19.2. The average Bonchev–Trinajstić information content (AvgIpc) is 2.60. The number of sulfone groups is 1. The molecular weight excluding hydrogens is 342 g/mol. The molecule has 0 radical (unpaired) electrons. The third-order valence-electron chi connectivity index (χ3n) is 4.23. The van der Waals surface area contributed by atoms with Crippen LogP contribution in [0.3, 0.4) is 0 Å². The zero-order valence-corrected chi connectivity index (χ0v) is 15.5. The van der Waals surface area contributed by atoms with Crippen molar-refractivity contribution in [2.75, 3.05) is 43.4 Å². The van der Waals surface area contributed by atoms with Gasteiger partial charge in [0.15, 0.2) is 0 Å². The van der Waals surface area contributed by atoms with E-state index < -0.39 is 15.1 Å². The van der Waals surface area contributed by atoms with Crippen molar-refractivity contribution in [2.45, 2.75) is 20.3 Å². The number of para-hydroxylation sites is 1. The Morgan fingerprint density at radius 1 is 1.12 bits per heavy atom. The lowest BCUT2D eigenvalue weighted by atomic mass is 10.1. The number of piperazine rings is 1. The van der Waals surface area contributed by atoms with Crippen molar-refractivity contribution >= 4 is 26.7 Å². The summed E-state index contributed by atoms with van der Waals surface area (Å²) in [6, 6.07) is 8.10. The molecule has 0 unspecified atom stereocenters. The van der Waals surface area contributed by atoms with Crippen LogP contribution in [0.4, 0.5) is 10.5 Å². The highest BCUT2D eigenvalue weighted by Crippen LogP contribution is 2.20. The van der Waals surface area contributed by atoms with Crippen LogP contribution in [0.1, 0.15) is 18.9 Å². The van der Waals surface area contributed by atoms with E-state index in [2.05, 4.69) is 29.3 Å². The molecule has 0 aromatic heterocycles. The van der Waals surface area contributed by atoms with Crippen LogP contribution < -0.4 is 10.2 Å². The van der Waals surface area contributed by atoms with Gasteiger partial charge in [0, 0.05) is 31.9 Å². The molecule has 2 rings (SSSR count). The van der Waals surface area contributed by atoms with Gasteiger partial charge in [-0.1, -0.05) is 25.1 Å². The SMILES string of the molecule is CCCS(=O)(=O)C(=O)NCC(=O)N1CCN(c2ccccc2C)CC1. The average molecular weight is 367 g/mol. The fourth-order valence-electron chi connectivity index (χ4n) is 2.85. The van der Waals surface area contributed by atoms with Crippen LogP contribution in [0.15, 0.2) is 24.3 Å². The van der Waals surface area contributed by atoms with E-state index in [0.717, 1.165) is 5.69 Å². The lowest BCUT2D eigenvalue weighted by molar-refractivity contribution is -0.130. The van der Waals surface area contributed by atoms with Gasteiger partial charge in [-0.3, -0.25) is 9.59 Å². The van der Waals surface area contributed by atoms with Crippen LogP contribution in [0.2, 0.25) is 0 Å². The first-order chi connectivity index (χ1) is 11.8. The Labute approximate surface area is 148 Å². The van der Waals surface area contributed by atoms with Gasteiger partial charge in [-0.25, -0.2) is 8.42 Å². The minimum atomic E-state index is -3.82. The van der Waals surface area contributed by atoms with Gasteiger partial charge in [-0.2, -0.15) is 0 Å². The van der Waals surface area contributed by atoms with Crippen LogP contribution in [0, 0.1) is 6.92 Å². The molecule has 1 aromatic rings. The van der Waals surface area contributed by atoms with Gasteiger partial charge >= 0.3 is 5.24 Å². The lowest BCUT2D eigenvalue weighted by Crippen LogP contribution is -2.51. The van der Waals surface area contributed by atoms with Crippen molar-refractivity contribution < 1.29 is 18.0 Å². The maximum atomic E-state index is 12.2. The van der Waals surface area contributed by atoms with E-state index in [1.54, 1.807) is 11.8 Å². The second-order valence-electron chi connectivity index (χ2n) is 6.11.